The number of benzene rings is 7. The second-order valence-electron chi connectivity index (χ2n) is 14.3. The molecule has 1 N–H and O–H groups in total. The van der Waals surface area contributed by atoms with Crippen LogP contribution in [0.25, 0.3) is 83.2 Å². The standard InChI is InChI=1S/C48H36N3O.Pt/c1-48(2,3)40-29-41(49-45-39(40)28-27-34-21-13-26-43(52)44(34)45)47-50-42(38-25-12-20-31-19-10-11-22-35(31)38)30-51(47)46-36(32-15-6-4-7-16-32)23-14-24-37(46)33-17-8-5-9-18-33;/h4-21,23-30,52H,1-3H3;/q-1;. The van der Waals surface area contributed by atoms with Crippen molar-refractivity contribution in [2.24, 2.45) is 0 Å². The Hall–Kier alpha value is -5.83. The Bertz CT molecular complexity index is 2720. The third kappa shape index (κ3) is 6.03. The molecule has 2 heterocycles. The molecule has 0 fully saturated rings. The fourth-order valence-electron chi connectivity index (χ4n) is 7.51. The van der Waals surface area contributed by atoms with Gasteiger partial charge in [0.15, 0.2) is 5.82 Å². The number of rotatable bonds is 5. The number of phenols is 1. The first-order chi connectivity index (χ1) is 25.3. The quantitative estimate of drug-likeness (QED) is 0.138. The van der Waals surface area contributed by atoms with Gasteiger partial charge in [-0.3, -0.25) is 4.57 Å². The molecule has 0 bridgehead atoms. The van der Waals surface area contributed by atoms with Gasteiger partial charge < -0.3 is 5.11 Å². The van der Waals surface area contributed by atoms with Crippen LogP contribution in [0.3, 0.4) is 0 Å². The molecule has 9 rings (SSSR count). The fraction of sp³-hybridized carbons (Fsp3) is 0.0833. The van der Waals surface area contributed by atoms with Crippen LogP contribution in [-0.2, 0) is 26.5 Å². The number of para-hydroxylation sites is 1. The summed E-state index contributed by atoms with van der Waals surface area (Å²) in [7, 11) is 0. The van der Waals surface area contributed by atoms with Crippen molar-refractivity contribution < 1.29 is 26.2 Å². The summed E-state index contributed by atoms with van der Waals surface area (Å²) < 4.78 is 2.23. The van der Waals surface area contributed by atoms with Crippen molar-refractivity contribution in [3.63, 3.8) is 0 Å². The number of pyridine rings is 1. The van der Waals surface area contributed by atoms with Crippen LogP contribution in [0.4, 0.5) is 0 Å². The Morgan fingerprint density at radius 2 is 1.23 bits per heavy atom. The molecule has 0 saturated carbocycles. The van der Waals surface area contributed by atoms with E-state index in [4.69, 9.17) is 9.97 Å². The summed E-state index contributed by atoms with van der Waals surface area (Å²) in [5.74, 6) is 0.923. The third-order valence-corrected chi connectivity index (χ3v) is 9.96. The van der Waals surface area contributed by atoms with Gasteiger partial charge in [0.25, 0.3) is 0 Å². The topological polar surface area (TPSA) is 50.9 Å². The molecule has 0 amide bonds. The van der Waals surface area contributed by atoms with E-state index < -0.39 is 0 Å². The van der Waals surface area contributed by atoms with Gasteiger partial charge >= 0.3 is 0 Å². The van der Waals surface area contributed by atoms with Crippen LogP contribution < -0.4 is 0 Å². The Balaban J connectivity index is 0.00000400. The average Bonchev–Trinajstić information content (AvgIpc) is 3.62. The number of hydrogen-bond donors (Lipinski definition) is 1. The molecule has 53 heavy (non-hydrogen) atoms. The molecule has 4 nitrogen and oxygen atoms in total. The molecule has 0 saturated heterocycles. The number of hydrogen-bond acceptors (Lipinski definition) is 3. The minimum absolute atomic E-state index is 0. The maximum Gasteiger partial charge on any atom is 0.163 e. The summed E-state index contributed by atoms with van der Waals surface area (Å²) in [6, 6.07) is 55.5. The van der Waals surface area contributed by atoms with Crippen molar-refractivity contribution in [1.29, 1.82) is 0 Å². The van der Waals surface area contributed by atoms with Crippen molar-refractivity contribution >= 4 is 32.4 Å². The minimum Gasteiger partial charge on any atom is -0.507 e. The molecule has 0 radical (unpaired) electrons. The molecule has 0 aliphatic rings. The van der Waals surface area contributed by atoms with E-state index >= 15 is 0 Å². The van der Waals surface area contributed by atoms with Gasteiger partial charge in [0.1, 0.15) is 11.4 Å². The van der Waals surface area contributed by atoms with Crippen LogP contribution in [0, 0.1) is 6.07 Å². The summed E-state index contributed by atoms with van der Waals surface area (Å²) >= 11 is 0. The summed E-state index contributed by atoms with van der Waals surface area (Å²) in [6.07, 6.45) is 2.16. The van der Waals surface area contributed by atoms with Crippen molar-refractivity contribution in [2.45, 2.75) is 26.2 Å². The van der Waals surface area contributed by atoms with E-state index in [9.17, 15) is 5.11 Å². The molecular weight excluding hydrogens is 830 g/mol. The molecule has 260 valence electrons. The van der Waals surface area contributed by atoms with Gasteiger partial charge in [0, 0.05) is 54.9 Å². The van der Waals surface area contributed by atoms with Crippen molar-refractivity contribution in [3.05, 3.63) is 169 Å². The fourth-order valence-corrected chi connectivity index (χ4v) is 7.51. The van der Waals surface area contributed by atoms with E-state index in [0.717, 1.165) is 82.9 Å². The molecule has 0 aliphatic heterocycles. The van der Waals surface area contributed by atoms with Gasteiger partial charge in [-0.15, -0.1) is 35.0 Å². The van der Waals surface area contributed by atoms with Crippen molar-refractivity contribution in [2.75, 3.05) is 0 Å². The van der Waals surface area contributed by atoms with E-state index in [0.29, 0.717) is 5.82 Å². The number of phenolic OH excluding ortho intramolecular Hbond substituents is 1. The first-order valence-corrected chi connectivity index (χ1v) is 17.6. The van der Waals surface area contributed by atoms with Crippen molar-refractivity contribution in [3.8, 4) is 56.5 Å². The van der Waals surface area contributed by atoms with E-state index in [2.05, 4.69) is 159 Å². The molecular formula is C48H36N3OPt-. The maximum atomic E-state index is 11.3. The largest absolute Gasteiger partial charge is 0.507 e. The monoisotopic (exact) mass is 865 g/mol. The molecule has 7 aromatic carbocycles. The Labute approximate surface area is 323 Å². The van der Waals surface area contributed by atoms with Gasteiger partial charge in [-0.1, -0.05) is 148 Å². The number of aromatic hydroxyl groups is 1. The Morgan fingerprint density at radius 1 is 0.604 bits per heavy atom. The Kier molecular flexibility index (Phi) is 8.80. The van der Waals surface area contributed by atoms with E-state index in [-0.39, 0.29) is 32.2 Å². The zero-order chi connectivity index (χ0) is 35.4. The smallest absolute Gasteiger partial charge is 0.163 e. The predicted molar refractivity (Wildman–Crippen MR) is 215 cm³/mol. The molecule has 5 heteroatoms. The third-order valence-electron chi connectivity index (χ3n) is 9.96. The zero-order valence-corrected chi connectivity index (χ0v) is 31.9. The maximum absolute atomic E-state index is 11.3. The predicted octanol–water partition coefficient (Wildman–Crippen LogP) is 12.2. The number of fused-ring (bicyclic) bond motifs is 4. The van der Waals surface area contributed by atoms with Crippen molar-refractivity contribution in [1.82, 2.24) is 14.5 Å². The summed E-state index contributed by atoms with van der Waals surface area (Å²) in [5.41, 5.74) is 9.59. The van der Waals surface area contributed by atoms with E-state index in [1.165, 1.54) is 0 Å². The van der Waals surface area contributed by atoms with E-state index in [1.54, 1.807) is 6.07 Å². The Morgan fingerprint density at radius 3 is 1.92 bits per heavy atom. The first kappa shape index (κ1) is 34.3. The SMILES string of the molecule is CC(C)(C)c1cc(-c2nc(-c3cccc4ccc[c-]c34)cn2-c2c(-c3ccccc3)cccc2-c2ccccc2)nc2c1ccc1cccc(O)c12.[Pt]. The second kappa shape index (κ2) is 13.6. The molecule has 0 spiro atoms. The number of aromatic nitrogens is 3. The van der Waals surface area contributed by atoms with Gasteiger partial charge in [0.2, 0.25) is 0 Å². The minimum atomic E-state index is -0.226. The first-order valence-electron chi connectivity index (χ1n) is 17.6. The van der Waals surface area contributed by atoms with Crippen LogP contribution in [0.5, 0.6) is 5.75 Å². The summed E-state index contributed by atoms with van der Waals surface area (Å²) in [6.45, 7) is 6.67. The van der Waals surface area contributed by atoms with Gasteiger partial charge in [-0.05, 0) is 39.6 Å². The average molecular weight is 866 g/mol. The second-order valence-corrected chi connectivity index (χ2v) is 14.3. The van der Waals surface area contributed by atoms with Crippen LogP contribution in [-0.4, -0.2) is 19.6 Å². The van der Waals surface area contributed by atoms with Crippen LogP contribution in [0.15, 0.2) is 158 Å². The molecule has 9 aromatic rings. The van der Waals surface area contributed by atoms with Gasteiger partial charge in [0.05, 0.1) is 11.2 Å². The summed E-state index contributed by atoms with van der Waals surface area (Å²) in [4.78, 5) is 10.9. The molecule has 0 atom stereocenters. The molecule has 2 aromatic heterocycles. The molecule has 0 aliphatic carbocycles. The van der Waals surface area contributed by atoms with Crippen LogP contribution in [0.2, 0.25) is 0 Å². The molecule has 0 unspecified atom stereocenters. The number of imidazole rings is 1. The zero-order valence-electron chi connectivity index (χ0n) is 29.6. The van der Waals surface area contributed by atoms with E-state index in [1.807, 2.05) is 24.3 Å². The summed E-state index contributed by atoms with van der Waals surface area (Å²) in [5, 5.41) is 16.1. The van der Waals surface area contributed by atoms with Crippen LogP contribution in [0.1, 0.15) is 26.3 Å². The van der Waals surface area contributed by atoms with Gasteiger partial charge in [-0.2, -0.15) is 0 Å². The van der Waals surface area contributed by atoms with Crippen LogP contribution >= 0.6 is 0 Å². The van der Waals surface area contributed by atoms with Gasteiger partial charge in [-0.25, -0.2) is 9.97 Å². The number of nitrogens with zero attached hydrogens (tertiary/aromatic N) is 3. The normalized spacial score (nSPS) is 11.6.